The van der Waals surface area contributed by atoms with Crippen molar-refractivity contribution in [1.82, 2.24) is 20.5 Å². The number of aromatic hydroxyl groups is 1. The van der Waals surface area contributed by atoms with Crippen LogP contribution in [0.5, 0.6) is 5.75 Å². The van der Waals surface area contributed by atoms with E-state index in [4.69, 9.17) is 11.6 Å². The summed E-state index contributed by atoms with van der Waals surface area (Å²) in [4.78, 5) is 29.1. The van der Waals surface area contributed by atoms with Gasteiger partial charge in [-0.15, -0.1) is 0 Å². The van der Waals surface area contributed by atoms with Crippen LogP contribution in [0.4, 0.5) is 0 Å². The molecule has 0 unspecified atom stereocenters. The number of H-pyrrole nitrogens is 1. The van der Waals surface area contributed by atoms with E-state index in [1.807, 2.05) is 35.2 Å². The van der Waals surface area contributed by atoms with Gasteiger partial charge in [0.15, 0.2) is 0 Å². The van der Waals surface area contributed by atoms with Gasteiger partial charge < -0.3 is 25.6 Å². The molecule has 0 radical (unpaired) electrons. The van der Waals surface area contributed by atoms with Crippen LogP contribution in [0.3, 0.4) is 0 Å². The van der Waals surface area contributed by atoms with Gasteiger partial charge in [0.2, 0.25) is 5.91 Å². The minimum Gasteiger partial charge on any atom is -0.506 e. The third kappa shape index (κ3) is 8.62. The van der Waals surface area contributed by atoms with Gasteiger partial charge >= 0.3 is 4.87 Å². The number of phenols is 1. The maximum absolute atomic E-state index is 13.0. The molecule has 1 aromatic heterocycles. The number of hydrogen-bond donors (Lipinski definition) is 4. The maximum Gasteiger partial charge on any atom is 0.305 e. The number of carbonyl (C=O) groups excluding carboxylic acids is 1. The molecule has 3 rings (SSSR count). The molecule has 0 aliphatic carbocycles. The SMILES string of the molecule is CC(C)(C)CN(CCNCCc1ccc(O)c2[nH]c(=O)sc12)C(=O)CCNCCc1ccccc1Cl. The van der Waals surface area contributed by atoms with E-state index in [0.29, 0.717) is 44.7 Å². The fourth-order valence-electron chi connectivity index (χ4n) is 4.10. The number of amides is 1. The molecule has 3 aromatic rings. The van der Waals surface area contributed by atoms with Gasteiger partial charge in [0.1, 0.15) is 11.3 Å². The third-order valence-electron chi connectivity index (χ3n) is 5.83. The van der Waals surface area contributed by atoms with Crippen LogP contribution >= 0.6 is 22.9 Å². The molecular formula is C27H37ClN4O3S. The third-order valence-corrected chi connectivity index (χ3v) is 7.16. The second-order valence-electron chi connectivity index (χ2n) is 10.2. The second-order valence-corrected chi connectivity index (χ2v) is 11.6. The first kappa shape index (κ1) is 28.2. The molecule has 36 heavy (non-hydrogen) atoms. The van der Waals surface area contributed by atoms with Crippen molar-refractivity contribution in [3.05, 3.63) is 62.2 Å². The van der Waals surface area contributed by atoms with E-state index in [1.165, 1.54) is 0 Å². The molecule has 196 valence electrons. The van der Waals surface area contributed by atoms with E-state index in [2.05, 4.69) is 36.4 Å². The van der Waals surface area contributed by atoms with Crippen LogP contribution in [0.15, 0.2) is 41.2 Å². The average Bonchev–Trinajstić information content (AvgIpc) is 3.22. The van der Waals surface area contributed by atoms with Crippen LogP contribution in [0, 0.1) is 5.41 Å². The summed E-state index contributed by atoms with van der Waals surface area (Å²) in [6, 6.07) is 11.3. The fraction of sp³-hybridized carbons (Fsp3) is 0.481. The summed E-state index contributed by atoms with van der Waals surface area (Å²) in [6.07, 6.45) is 2.01. The Labute approximate surface area is 221 Å². The van der Waals surface area contributed by atoms with Crippen LogP contribution in [0.2, 0.25) is 5.02 Å². The Morgan fingerprint density at radius 3 is 2.44 bits per heavy atom. The Morgan fingerprint density at radius 1 is 1.03 bits per heavy atom. The number of aromatic nitrogens is 1. The Morgan fingerprint density at radius 2 is 1.72 bits per heavy atom. The first-order valence-electron chi connectivity index (χ1n) is 12.4. The van der Waals surface area contributed by atoms with Crippen molar-refractivity contribution in [2.75, 3.05) is 39.3 Å². The van der Waals surface area contributed by atoms with Crippen molar-refractivity contribution < 1.29 is 9.90 Å². The lowest BCUT2D eigenvalue weighted by Gasteiger charge is -2.30. The summed E-state index contributed by atoms with van der Waals surface area (Å²) < 4.78 is 0.799. The molecule has 0 fully saturated rings. The van der Waals surface area contributed by atoms with Gasteiger partial charge in [-0.2, -0.15) is 0 Å². The van der Waals surface area contributed by atoms with Gasteiger partial charge in [-0.3, -0.25) is 9.59 Å². The molecule has 1 amide bonds. The molecule has 0 saturated heterocycles. The Balaban J connectivity index is 1.42. The zero-order valence-corrected chi connectivity index (χ0v) is 22.9. The molecule has 0 saturated carbocycles. The zero-order valence-electron chi connectivity index (χ0n) is 21.3. The number of rotatable bonds is 13. The topological polar surface area (TPSA) is 97.5 Å². The summed E-state index contributed by atoms with van der Waals surface area (Å²) in [5, 5.41) is 17.5. The van der Waals surface area contributed by atoms with Gasteiger partial charge in [-0.25, -0.2) is 0 Å². The zero-order chi connectivity index (χ0) is 26.1. The van der Waals surface area contributed by atoms with E-state index in [0.717, 1.165) is 51.6 Å². The molecule has 9 heteroatoms. The number of fused-ring (bicyclic) bond motifs is 1. The highest BCUT2D eigenvalue weighted by atomic mass is 35.5. The largest absolute Gasteiger partial charge is 0.506 e. The van der Waals surface area contributed by atoms with E-state index in [9.17, 15) is 14.7 Å². The van der Waals surface area contributed by atoms with Gasteiger partial charge in [0.25, 0.3) is 0 Å². The lowest BCUT2D eigenvalue weighted by Crippen LogP contribution is -2.42. The average molecular weight is 533 g/mol. The van der Waals surface area contributed by atoms with Crippen molar-refractivity contribution >= 4 is 39.1 Å². The van der Waals surface area contributed by atoms with Crippen molar-refractivity contribution in [3.8, 4) is 5.75 Å². The molecule has 0 bridgehead atoms. The van der Waals surface area contributed by atoms with Gasteiger partial charge in [0.05, 0.1) is 4.70 Å². The Kier molecular flexibility index (Phi) is 10.4. The van der Waals surface area contributed by atoms with Crippen molar-refractivity contribution in [2.24, 2.45) is 5.41 Å². The number of nitrogens with one attached hydrogen (secondary N) is 3. The number of halogens is 1. The fourth-order valence-corrected chi connectivity index (χ4v) is 5.23. The Bertz CT molecular complexity index is 1200. The van der Waals surface area contributed by atoms with Crippen LogP contribution < -0.4 is 15.5 Å². The normalized spacial score (nSPS) is 11.8. The number of benzene rings is 2. The molecule has 7 nitrogen and oxygen atoms in total. The van der Waals surface area contributed by atoms with E-state index >= 15 is 0 Å². The summed E-state index contributed by atoms with van der Waals surface area (Å²) in [5.74, 6) is 0.240. The van der Waals surface area contributed by atoms with Crippen LogP contribution in [-0.2, 0) is 17.6 Å². The van der Waals surface area contributed by atoms with Crippen LogP contribution in [0.1, 0.15) is 38.3 Å². The molecule has 4 N–H and O–H groups in total. The second kappa shape index (κ2) is 13.2. The standard InChI is InChI=1S/C27H37ClN4O3S/c1-27(2,3)18-32(23(34)12-15-29-13-10-19-6-4-5-7-21(19)28)17-16-30-14-11-20-8-9-22(33)24-25(20)36-26(35)31-24/h4-9,29-30,33H,10-18H2,1-3H3,(H,31,35). The minimum absolute atomic E-state index is 0.0104. The predicted molar refractivity (Wildman–Crippen MR) is 149 cm³/mol. The summed E-state index contributed by atoms with van der Waals surface area (Å²) in [7, 11) is 0. The number of nitrogens with zero attached hydrogens (tertiary/aromatic N) is 1. The number of carbonyl (C=O) groups is 1. The summed E-state index contributed by atoms with van der Waals surface area (Å²) in [6.45, 7) is 10.6. The monoisotopic (exact) mass is 532 g/mol. The lowest BCUT2D eigenvalue weighted by atomic mass is 9.96. The van der Waals surface area contributed by atoms with Crippen molar-refractivity contribution in [3.63, 3.8) is 0 Å². The van der Waals surface area contributed by atoms with Gasteiger partial charge in [-0.1, -0.05) is 68.0 Å². The van der Waals surface area contributed by atoms with Gasteiger partial charge in [-0.05, 0) is 54.6 Å². The van der Waals surface area contributed by atoms with Gasteiger partial charge in [0, 0.05) is 37.6 Å². The number of hydrogen-bond acceptors (Lipinski definition) is 6. The number of aromatic amines is 1. The molecule has 0 atom stereocenters. The predicted octanol–water partition coefficient (Wildman–Crippen LogP) is 4.18. The number of phenolic OH excluding ortho intramolecular Hbond substituents is 1. The van der Waals surface area contributed by atoms with E-state index in [1.54, 1.807) is 6.07 Å². The highest BCUT2D eigenvalue weighted by Crippen LogP contribution is 2.27. The van der Waals surface area contributed by atoms with Crippen molar-refractivity contribution in [1.29, 1.82) is 0 Å². The highest BCUT2D eigenvalue weighted by molar-refractivity contribution is 7.16. The highest BCUT2D eigenvalue weighted by Gasteiger charge is 2.20. The Hall–Kier alpha value is -2.39. The van der Waals surface area contributed by atoms with E-state index < -0.39 is 0 Å². The van der Waals surface area contributed by atoms with Crippen LogP contribution in [-0.4, -0.2) is 60.2 Å². The molecule has 1 heterocycles. The van der Waals surface area contributed by atoms with E-state index in [-0.39, 0.29) is 21.9 Å². The summed E-state index contributed by atoms with van der Waals surface area (Å²) in [5.41, 5.74) is 2.64. The molecule has 0 aliphatic heterocycles. The summed E-state index contributed by atoms with van der Waals surface area (Å²) >= 11 is 7.33. The first-order valence-corrected chi connectivity index (χ1v) is 13.6. The molecule has 2 aromatic carbocycles. The molecule has 0 spiro atoms. The smallest absolute Gasteiger partial charge is 0.305 e. The molecule has 0 aliphatic rings. The van der Waals surface area contributed by atoms with Crippen molar-refractivity contribution in [2.45, 2.75) is 40.0 Å². The minimum atomic E-state index is -0.171. The molecular weight excluding hydrogens is 496 g/mol. The maximum atomic E-state index is 13.0. The first-order chi connectivity index (χ1) is 17.1. The van der Waals surface area contributed by atoms with Crippen LogP contribution in [0.25, 0.3) is 10.2 Å². The lowest BCUT2D eigenvalue weighted by molar-refractivity contribution is -0.132. The number of thiazole rings is 1. The quantitative estimate of drug-likeness (QED) is 0.248.